The first-order valence-electron chi connectivity index (χ1n) is 9.41. The molecule has 0 fully saturated rings. The summed E-state index contributed by atoms with van der Waals surface area (Å²) in [7, 11) is 0. The highest BCUT2D eigenvalue weighted by molar-refractivity contribution is 6.33. The summed E-state index contributed by atoms with van der Waals surface area (Å²) in [4.78, 5) is 46.1. The van der Waals surface area contributed by atoms with E-state index in [-0.39, 0.29) is 17.3 Å². The van der Waals surface area contributed by atoms with Crippen LogP contribution in [0.25, 0.3) is 0 Å². The Hall–Kier alpha value is -3.35. The van der Waals surface area contributed by atoms with Gasteiger partial charge in [0.25, 0.3) is 17.7 Å². The van der Waals surface area contributed by atoms with Gasteiger partial charge in [-0.3, -0.25) is 14.4 Å². The van der Waals surface area contributed by atoms with Crippen LogP contribution >= 0.6 is 0 Å². The molecule has 28 heavy (non-hydrogen) atoms. The second-order valence-corrected chi connectivity index (χ2v) is 6.86. The van der Waals surface area contributed by atoms with Crippen LogP contribution in [0, 0.1) is 0 Å². The van der Waals surface area contributed by atoms with E-state index < -0.39 is 11.8 Å². The minimum absolute atomic E-state index is 0.0475. The molecule has 1 aliphatic carbocycles. The molecule has 2 aliphatic rings. The molecule has 0 atom stereocenters. The molecule has 3 amide bonds. The fourth-order valence-corrected chi connectivity index (χ4v) is 3.52. The van der Waals surface area contributed by atoms with Gasteiger partial charge in [0.15, 0.2) is 11.4 Å². The number of fused-ring (bicyclic) bond motifs is 1. The number of rotatable bonds is 5. The number of aromatic nitrogens is 2. The number of amides is 3. The molecule has 2 heterocycles. The third-order valence-corrected chi connectivity index (χ3v) is 5.01. The molecule has 1 aliphatic heterocycles. The zero-order chi connectivity index (χ0) is 19.5. The maximum atomic E-state index is 12.4. The average molecular weight is 376 g/mol. The summed E-state index contributed by atoms with van der Waals surface area (Å²) in [5, 5.41) is 2.92. The first kappa shape index (κ1) is 18.0. The molecular weight excluding hydrogens is 356 g/mol. The molecule has 0 radical (unpaired) electrons. The summed E-state index contributed by atoms with van der Waals surface area (Å²) in [5.74, 6) is -1.19. The quantitative estimate of drug-likeness (QED) is 0.640. The maximum Gasteiger partial charge on any atom is 0.286 e. The molecule has 7 nitrogen and oxygen atoms in total. The van der Waals surface area contributed by atoms with E-state index in [0.29, 0.717) is 17.8 Å². The van der Waals surface area contributed by atoms with Crippen LogP contribution in [0.5, 0.6) is 0 Å². The smallest absolute Gasteiger partial charge is 0.286 e. The molecule has 1 N–H and O–H groups in total. The first-order chi connectivity index (χ1) is 13.6. The van der Waals surface area contributed by atoms with Crippen molar-refractivity contribution in [1.82, 2.24) is 15.3 Å². The van der Waals surface area contributed by atoms with Gasteiger partial charge in [-0.1, -0.05) is 11.6 Å². The Balaban J connectivity index is 1.40. The molecular formula is C21H20N4O3. The number of hydrogen-bond donors (Lipinski definition) is 1. The van der Waals surface area contributed by atoms with Crippen LogP contribution in [0.1, 0.15) is 63.4 Å². The second-order valence-electron chi connectivity index (χ2n) is 6.86. The zero-order valence-corrected chi connectivity index (χ0v) is 15.4. The Morgan fingerprint density at radius 2 is 1.68 bits per heavy atom. The highest BCUT2D eigenvalue weighted by Gasteiger charge is 2.39. The fourth-order valence-electron chi connectivity index (χ4n) is 3.52. The molecule has 0 spiro atoms. The molecule has 0 unspecified atom stereocenters. The first-order valence-corrected chi connectivity index (χ1v) is 9.41. The van der Waals surface area contributed by atoms with Crippen molar-refractivity contribution in [3.05, 3.63) is 65.3 Å². The molecule has 7 heteroatoms. The SMILES string of the molecule is O=C(NCCC1=CCCCC1)c1ccc(N2C(=O)c3nccnc3C2=O)cc1. The number of carbonyl (C=O) groups excluding carboxylic acids is 3. The van der Waals surface area contributed by atoms with Gasteiger partial charge in [-0.15, -0.1) is 0 Å². The van der Waals surface area contributed by atoms with Crippen molar-refractivity contribution in [2.75, 3.05) is 11.4 Å². The lowest BCUT2D eigenvalue weighted by Gasteiger charge is -2.14. The van der Waals surface area contributed by atoms with Gasteiger partial charge in [0.1, 0.15) is 0 Å². The Kier molecular flexibility index (Phi) is 4.97. The van der Waals surface area contributed by atoms with Crippen molar-refractivity contribution < 1.29 is 14.4 Å². The van der Waals surface area contributed by atoms with Crippen LogP contribution in [0.4, 0.5) is 5.69 Å². The standard InChI is InChI=1S/C21H20N4O3/c26-19(24-11-10-14-4-2-1-3-5-14)15-6-8-16(9-7-15)25-20(27)17-18(21(25)28)23-13-12-22-17/h4,6-9,12-13H,1-3,5,10-11H2,(H,24,26). The highest BCUT2D eigenvalue weighted by atomic mass is 16.2. The van der Waals surface area contributed by atoms with Crippen LogP contribution in [-0.2, 0) is 0 Å². The summed E-state index contributed by atoms with van der Waals surface area (Å²) in [6.45, 7) is 0.599. The van der Waals surface area contributed by atoms with Crippen molar-refractivity contribution in [2.24, 2.45) is 0 Å². The van der Waals surface area contributed by atoms with E-state index in [4.69, 9.17) is 0 Å². The number of carbonyl (C=O) groups is 3. The summed E-state index contributed by atoms with van der Waals surface area (Å²) in [6, 6.07) is 6.38. The highest BCUT2D eigenvalue weighted by Crippen LogP contribution is 2.26. The third kappa shape index (κ3) is 3.43. The molecule has 0 saturated heterocycles. The van der Waals surface area contributed by atoms with Crippen LogP contribution in [0.15, 0.2) is 48.3 Å². The molecule has 4 rings (SSSR count). The number of anilines is 1. The predicted octanol–water partition coefficient (Wildman–Crippen LogP) is 2.90. The van der Waals surface area contributed by atoms with E-state index in [2.05, 4.69) is 21.4 Å². The van der Waals surface area contributed by atoms with Crippen LogP contribution < -0.4 is 10.2 Å². The van der Waals surface area contributed by atoms with Crippen LogP contribution in [0.3, 0.4) is 0 Å². The van der Waals surface area contributed by atoms with Gasteiger partial charge in [-0.2, -0.15) is 0 Å². The topological polar surface area (TPSA) is 92.3 Å². The van der Waals surface area contributed by atoms with Gasteiger partial charge in [0.2, 0.25) is 0 Å². The van der Waals surface area contributed by atoms with Gasteiger partial charge < -0.3 is 5.32 Å². The normalized spacial score (nSPS) is 16.0. The molecule has 0 bridgehead atoms. The zero-order valence-electron chi connectivity index (χ0n) is 15.4. The third-order valence-electron chi connectivity index (χ3n) is 5.01. The minimum Gasteiger partial charge on any atom is -0.352 e. The van der Waals surface area contributed by atoms with Gasteiger partial charge in [0.05, 0.1) is 5.69 Å². The van der Waals surface area contributed by atoms with Crippen molar-refractivity contribution >= 4 is 23.4 Å². The lowest BCUT2D eigenvalue weighted by Crippen LogP contribution is -2.30. The van der Waals surface area contributed by atoms with Crippen molar-refractivity contribution in [3.8, 4) is 0 Å². The predicted molar refractivity (Wildman–Crippen MR) is 103 cm³/mol. The molecule has 1 aromatic carbocycles. The van der Waals surface area contributed by atoms with E-state index >= 15 is 0 Å². The summed E-state index contributed by atoms with van der Waals surface area (Å²) in [5.41, 5.74) is 2.38. The minimum atomic E-state index is -0.508. The van der Waals surface area contributed by atoms with Crippen molar-refractivity contribution in [2.45, 2.75) is 32.1 Å². The maximum absolute atomic E-state index is 12.4. The Morgan fingerprint density at radius 1 is 1.00 bits per heavy atom. The Morgan fingerprint density at radius 3 is 2.29 bits per heavy atom. The lowest BCUT2D eigenvalue weighted by atomic mass is 9.97. The van der Waals surface area contributed by atoms with Crippen LogP contribution in [0.2, 0.25) is 0 Å². The fraction of sp³-hybridized carbons (Fsp3) is 0.286. The Labute approximate surface area is 162 Å². The van der Waals surface area contributed by atoms with E-state index in [1.165, 1.54) is 30.8 Å². The molecule has 142 valence electrons. The molecule has 2 aromatic rings. The van der Waals surface area contributed by atoms with E-state index in [1.807, 2.05) is 0 Å². The van der Waals surface area contributed by atoms with Gasteiger partial charge >= 0.3 is 0 Å². The van der Waals surface area contributed by atoms with Crippen molar-refractivity contribution in [1.29, 1.82) is 0 Å². The number of allylic oxidation sites excluding steroid dienone is 1. The second kappa shape index (κ2) is 7.72. The molecule has 0 saturated carbocycles. The number of nitrogens with zero attached hydrogens (tertiary/aromatic N) is 3. The summed E-state index contributed by atoms with van der Waals surface area (Å²) in [6.07, 6.45) is 10.6. The molecule has 1 aromatic heterocycles. The number of benzene rings is 1. The average Bonchev–Trinajstić information content (AvgIpc) is 2.99. The van der Waals surface area contributed by atoms with E-state index in [1.54, 1.807) is 24.3 Å². The number of nitrogens with one attached hydrogen (secondary N) is 1. The summed E-state index contributed by atoms with van der Waals surface area (Å²) >= 11 is 0. The Bertz CT molecular complexity index is 931. The van der Waals surface area contributed by atoms with Crippen LogP contribution in [-0.4, -0.2) is 34.2 Å². The largest absolute Gasteiger partial charge is 0.352 e. The van der Waals surface area contributed by atoms with Crippen molar-refractivity contribution in [3.63, 3.8) is 0 Å². The van der Waals surface area contributed by atoms with Gasteiger partial charge in [0, 0.05) is 24.5 Å². The summed E-state index contributed by atoms with van der Waals surface area (Å²) < 4.78 is 0. The number of imide groups is 1. The van der Waals surface area contributed by atoms with E-state index in [9.17, 15) is 14.4 Å². The van der Waals surface area contributed by atoms with Gasteiger partial charge in [-0.25, -0.2) is 14.9 Å². The number of hydrogen-bond acceptors (Lipinski definition) is 5. The lowest BCUT2D eigenvalue weighted by molar-refractivity contribution is 0.0920. The monoisotopic (exact) mass is 376 g/mol. The van der Waals surface area contributed by atoms with Gasteiger partial charge in [-0.05, 0) is 56.4 Å². The van der Waals surface area contributed by atoms with E-state index in [0.717, 1.165) is 24.2 Å².